The number of hydrogen-bond acceptors (Lipinski definition) is 7. The number of urea groups is 2. The van der Waals surface area contributed by atoms with Crippen molar-refractivity contribution in [3.8, 4) is 0 Å². The minimum atomic E-state index is -3.57. The van der Waals surface area contributed by atoms with Gasteiger partial charge in [-0.1, -0.05) is 62.5 Å². The number of likely N-dealkylation sites (tertiary alicyclic amines) is 3. The van der Waals surface area contributed by atoms with Crippen molar-refractivity contribution in [1.82, 2.24) is 29.3 Å². The molecule has 5 aliphatic rings. The molecule has 2 N–H and O–H groups in total. The number of sulfonamides is 1. The van der Waals surface area contributed by atoms with Crippen molar-refractivity contribution in [2.75, 3.05) is 56.9 Å². The highest BCUT2D eigenvalue weighted by Gasteiger charge is 2.36. The summed E-state index contributed by atoms with van der Waals surface area (Å²) in [7, 11) is -5.13. The monoisotopic (exact) mass is 780 g/mol. The van der Waals surface area contributed by atoms with Gasteiger partial charge in [-0.2, -0.15) is 9.52 Å². The van der Waals surface area contributed by atoms with E-state index >= 15 is 0 Å². The zero-order valence-electron chi connectivity index (χ0n) is 32.4. The molecule has 296 valence electrons. The molecule has 6 rings (SSSR count). The number of nitrogens with zero attached hydrogens (tertiary/aromatic N) is 6. The Morgan fingerprint density at radius 1 is 0.944 bits per heavy atom. The SMILES string of the molecule is C[Si](C)(C)CCS(=O)(=O)N1C/C=C\C(C[C@@H](NC(=O)N2CCC(N3Cc4ccccc4NC3=O)CC2)C(=O)N2CCC(N3CCCCC3)CC2)=C/C/C=N\1. The Bertz CT molecular complexity index is 1690. The Hall–Kier alpha value is -3.69. The zero-order chi connectivity index (χ0) is 38.3. The lowest BCUT2D eigenvalue weighted by molar-refractivity contribution is -0.134. The molecule has 5 amide bonds. The van der Waals surface area contributed by atoms with E-state index in [1.54, 1.807) is 17.2 Å². The van der Waals surface area contributed by atoms with Gasteiger partial charge in [-0.15, -0.1) is 0 Å². The van der Waals surface area contributed by atoms with E-state index in [1.807, 2.05) is 46.2 Å². The van der Waals surface area contributed by atoms with Gasteiger partial charge in [-0.3, -0.25) is 4.79 Å². The van der Waals surface area contributed by atoms with Crippen molar-refractivity contribution in [2.45, 2.75) is 108 Å². The number of nitrogens with one attached hydrogen (secondary N) is 2. The van der Waals surface area contributed by atoms with Crippen LogP contribution in [0.5, 0.6) is 0 Å². The molecule has 0 unspecified atom stereocenters. The Morgan fingerprint density at radius 2 is 1.63 bits per heavy atom. The molecule has 1 atom stereocenters. The van der Waals surface area contributed by atoms with Crippen LogP contribution in [0.3, 0.4) is 0 Å². The molecule has 0 spiro atoms. The number of fused-ring (bicyclic) bond motifs is 1. The molecule has 0 saturated carbocycles. The summed E-state index contributed by atoms with van der Waals surface area (Å²) in [5, 5.41) is 10.4. The zero-order valence-corrected chi connectivity index (χ0v) is 34.2. The fourth-order valence-corrected chi connectivity index (χ4v) is 12.4. The van der Waals surface area contributed by atoms with E-state index in [1.165, 1.54) is 23.7 Å². The fourth-order valence-electron chi connectivity index (χ4n) is 8.16. The van der Waals surface area contributed by atoms with Crippen LogP contribution in [-0.4, -0.2) is 134 Å². The lowest BCUT2D eigenvalue weighted by atomic mass is 9.98. The third-order valence-electron chi connectivity index (χ3n) is 11.5. The van der Waals surface area contributed by atoms with Crippen molar-refractivity contribution >= 4 is 48.0 Å². The number of para-hydroxylation sites is 1. The fraction of sp³-hybridized carbons (Fsp3) is 0.641. The van der Waals surface area contributed by atoms with Gasteiger partial charge in [0.15, 0.2) is 0 Å². The standard InChI is InChI=1S/C39H60N8O5SSi/c1-54(2,3)28-27-53(51,52)47-22-10-12-31(11-9-19-40-47)29-36(37(48)44-23-15-33(16-24-44)43-20-7-4-8-21-43)42-38(49)45-25-17-34(18-26-45)46-30-32-13-5-6-14-35(32)41-39(46)50/h5-6,10-14,19,33-34,36H,4,7-9,15-18,20-30H2,1-3H3,(H,41,50)(H,42,49)/b12-10-,31-11+,40-19-/t36-/m1/s1. The largest absolute Gasteiger partial charge is 0.341 e. The molecule has 5 heterocycles. The quantitative estimate of drug-likeness (QED) is 0.310. The van der Waals surface area contributed by atoms with Crippen LogP contribution >= 0.6 is 0 Å². The van der Waals surface area contributed by atoms with Gasteiger partial charge in [0.05, 0.1) is 12.3 Å². The molecule has 3 saturated heterocycles. The lowest BCUT2D eigenvalue weighted by Crippen LogP contribution is -2.57. The Balaban J connectivity index is 1.10. The van der Waals surface area contributed by atoms with Crippen LogP contribution in [0.25, 0.3) is 0 Å². The number of piperidine rings is 3. The summed E-state index contributed by atoms with van der Waals surface area (Å²) in [6, 6.07) is 7.82. The van der Waals surface area contributed by atoms with E-state index in [9.17, 15) is 22.8 Å². The number of hydrazone groups is 1. The van der Waals surface area contributed by atoms with Crippen molar-refractivity contribution in [2.24, 2.45) is 5.10 Å². The number of anilines is 1. The normalized spacial score (nSPS) is 23.9. The molecule has 54 heavy (non-hydrogen) atoms. The molecular formula is C39H60N8O5SSi. The second-order valence-corrected chi connectivity index (χ2v) is 24.3. The van der Waals surface area contributed by atoms with Crippen molar-refractivity contribution in [1.29, 1.82) is 0 Å². The van der Waals surface area contributed by atoms with Crippen LogP contribution in [0, 0.1) is 0 Å². The predicted octanol–water partition coefficient (Wildman–Crippen LogP) is 5.29. The Morgan fingerprint density at radius 3 is 2.35 bits per heavy atom. The highest BCUT2D eigenvalue weighted by Crippen LogP contribution is 2.28. The molecular weight excluding hydrogens is 721 g/mol. The van der Waals surface area contributed by atoms with Gasteiger partial charge in [0.25, 0.3) is 0 Å². The molecule has 3 fully saturated rings. The molecule has 5 aliphatic heterocycles. The molecule has 1 aromatic rings. The summed E-state index contributed by atoms with van der Waals surface area (Å²) in [5.41, 5.74) is 2.77. The summed E-state index contributed by atoms with van der Waals surface area (Å²) in [4.78, 5) is 49.3. The number of carbonyl (C=O) groups is 3. The van der Waals surface area contributed by atoms with Gasteiger partial charge >= 0.3 is 12.1 Å². The lowest BCUT2D eigenvalue weighted by Gasteiger charge is -2.42. The number of amides is 5. The van der Waals surface area contributed by atoms with Gasteiger partial charge in [0.1, 0.15) is 6.04 Å². The second kappa shape index (κ2) is 17.8. The van der Waals surface area contributed by atoms with Crippen LogP contribution < -0.4 is 10.6 Å². The van der Waals surface area contributed by atoms with Crippen LogP contribution in [0.1, 0.15) is 63.4 Å². The minimum absolute atomic E-state index is 0.00997. The molecule has 0 aromatic heterocycles. The Labute approximate surface area is 322 Å². The van der Waals surface area contributed by atoms with Crippen LogP contribution in [0.15, 0.2) is 53.2 Å². The number of hydrogen-bond donors (Lipinski definition) is 2. The van der Waals surface area contributed by atoms with E-state index < -0.39 is 24.1 Å². The van der Waals surface area contributed by atoms with E-state index in [0.717, 1.165) is 42.8 Å². The van der Waals surface area contributed by atoms with Gasteiger partial charge < -0.3 is 30.2 Å². The van der Waals surface area contributed by atoms with Crippen LogP contribution in [-0.2, 0) is 21.4 Å². The number of benzene rings is 1. The molecule has 15 heteroatoms. The van der Waals surface area contributed by atoms with Crippen molar-refractivity contribution < 1.29 is 22.8 Å². The van der Waals surface area contributed by atoms with Gasteiger partial charge in [-0.05, 0) is 74.9 Å². The third-order valence-corrected chi connectivity index (χ3v) is 15.2. The highest BCUT2D eigenvalue weighted by atomic mass is 32.2. The molecule has 13 nitrogen and oxygen atoms in total. The first-order chi connectivity index (χ1) is 25.9. The van der Waals surface area contributed by atoms with Crippen molar-refractivity contribution in [3.63, 3.8) is 0 Å². The molecule has 0 radical (unpaired) electrons. The summed E-state index contributed by atoms with van der Waals surface area (Å²) >= 11 is 0. The van der Waals surface area contributed by atoms with Gasteiger partial charge in [0, 0.05) is 77.6 Å². The third kappa shape index (κ3) is 10.5. The molecule has 0 aliphatic carbocycles. The van der Waals surface area contributed by atoms with Crippen LogP contribution in [0.4, 0.5) is 15.3 Å². The number of carbonyl (C=O) groups excluding carboxylic acids is 3. The summed E-state index contributed by atoms with van der Waals surface area (Å²) in [6.07, 6.45) is 14.8. The van der Waals surface area contributed by atoms with E-state index in [2.05, 4.69) is 40.3 Å². The maximum Gasteiger partial charge on any atom is 0.322 e. The first-order valence-electron chi connectivity index (χ1n) is 20.0. The highest BCUT2D eigenvalue weighted by molar-refractivity contribution is 7.89. The first kappa shape index (κ1) is 40.0. The molecule has 1 aromatic carbocycles. The number of rotatable bonds is 10. The van der Waals surface area contributed by atoms with E-state index in [4.69, 9.17) is 0 Å². The summed E-state index contributed by atoms with van der Waals surface area (Å²) in [6.45, 7) is 11.6. The van der Waals surface area contributed by atoms with Crippen LogP contribution in [0.2, 0.25) is 25.7 Å². The van der Waals surface area contributed by atoms with Gasteiger partial charge in [-0.25, -0.2) is 18.0 Å². The van der Waals surface area contributed by atoms with E-state index in [-0.39, 0.29) is 42.7 Å². The summed E-state index contributed by atoms with van der Waals surface area (Å²) in [5.74, 6) is -0.0147. The average Bonchev–Trinajstić information content (AvgIpc) is 3.29. The minimum Gasteiger partial charge on any atom is -0.341 e. The van der Waals surface area contributed by atoms with E-state index in [0.29, 0.717) is 64.1 Å². The van der Waals surface area contributed by atoms with Crippen molar-refractivity contribution in [3.05, 3.63) is 53.6 Å². The summed E-state index contributed by atoms with van der Waals surface area (Å²) < 4.78 is 27.5. The van der Waals surface area contributed by atoms with Gasteiger partial charge in [0.2, 0.25) is 15.9 Å². The maximum atomic E-state index is 14.3. The smallest absolute Gasteiger partial charge is 0.322 e. The number of allylic oxidation sites excluding steroid dienone is 2. The maximum absolute atomic E-state index is 14.3. The molecule has 0 bridgehead atoms. The topological polar surface area (TPSA) is 138 Å². The average molecular weight is 781 g/mol. The predicted molar refractivity (Wildman–Crippen MR) is 217 cm³/mol. The second-order valence-electron chi connectivity index (χ2n) is 16.6. The first-order valence-corrected chi connectivity index (χ1v) is 25.3. The Kier molecular flexibility index (Phi) is 13.2.